The fourth-order valence-electron chi connectivity index (χ4n) is 8.45. The molecule has 0 aromatic heterocycles. The van der Waals surface area contributed by atoms with Crippen LogP contribution < -0.4 is 0 Å². The van der Waals surface area contributed by atoms with Crippen molar-refractivity contribution in [1.29, 1.82) is 0 Å². The van der Waals surface area contributed by atoms with Gasteiger partial charge in [-0.15, -0.1) is 0 Å². The van der Waals surface area contributed by atoms with Gasteiger partial charge < -0.3 is 14.2 Å². The van der Waals surface area contributed by atoms with E-state index in [0.29, 0.717) is 19.3 Å². The number of rotatable bonds is 53. The van der Waals surface area contributed by atoms with Crippen LogP contribution in [0.25, 0.3) is 0 Å². The smallest absolute Gasteiger partial charge is 0.306 e. The lowest BCUT2D eigenvalue weighted by Crippen LogP contribution is -2.30. The van der Waals surface area contributed by atoms with E-state index in [1.807, 2.05) is 0 Å². The summed E-state index contributed by atoms with van der Waals surface area (Å²) in [6, 6.07) is 0. The van der Waals surface area contributed by atoms with Crippen molar-refractivity contribution in [1.82, 2.24) is 0 Å². The Labute approximate surface area is 416 Å². The highest BCUT2D eigenvalue weighted by atomic mass is 16.6. The maximum Gasteiger partial charge on any atom is 0.306 e. The maximum atomic E-state index is 12.8. The van der Waals surface area contributed by atoms with E-state index in [9.17, 15) is 14.4 Å². The van der Waals surface area contributed by atoms with Crippen molar-refractivity contribution in [3.05, 3.63) is 48.6 Å². The van der Waals surface area contributed by atoms with Gasteiger partial charge in [0.05, 0.1) is 0 Å². The van der Waals surface area contributed by atoms with Gasteiger partial charge >= 0.3 is 17.9 Å². The van der Waals surface area contributed by atoms with Gasteiger partial charge in [0, 0.05) is 19.3 Å². The summed E-state index contributed by atoms with van der Waals surface area (Å²) >= 11 is 0. The van der Waals surface area contributed by atoms with E-state index in [-0.39, 0.29) is 31.1 Å². The Hall–Kier alpha value is -2.63. The molecule has 0 fully saturated rings. The average Bonchev–Trinajstić information content (AvgIpc) is 3.33. The molecule has 0 unspecified atom stereocenters. The van der Waals surface area contributed by atoms with Crippen LogP contribution in [0.1, 0.15) is 303 Å². The van der Waals surface area contributed by atoms with Crippen LogP contribution >= 0.6 is 0 Å². The zero-order valence-electron chi connectivity index (χ0n) is 44.7. The van der Waals surface area contributed by atoms with Crippen LogP contribution in [0.15, 0.2) is 48.6 Å². The van der Waals surface area contributed by atoms with Crippen molar-refractivity contribution in [3.8, 4) is 0 Å². The average molecular weight is 940 g/mol. The van der Waals surface area contributed by atoms with E-state index in [1.54, 1.807) is 0 Å². The fourth-order valence-corrected chi connectivity index (χ4v) is 8.45. The highest BCUT2D eigenvalue weighted by Gasteiger charge is 2.19. The largest absolute Gasteiger partial charge is 0.462 e. The Morgan fingerprint density at radius 3 is 0.940 bits per heavy atom. The van der Waals surface area contributed by atoms with Gasteiger partial charge in [0.15, 0.2) is 6.10 Å². The number of esters is 3. The Kier molecular flexibility index (Phi) is 53.8. The first-order chi connectivity index (χ1) is 33.0. The second kappa shape index (κ2) is 56.0. The molecule has 0 N–H and O–H groups in total. The highest BCUT2D eigenvalue weighted by molar-refractivity contribution is 5.71. The molecule has 0 aliphatic heterocycles. The van der Waals surface area contributed by atoms with Gasteiger partial charge in [-0.3, -0.25) is 14.4 Å². The van der Waals surface area contributed by atoms with Gasteiger partial charge in [0.2, 0.25) is 0 Å². The first-order valence-corrected chi connectivity index (χ1v) is 29.1. The first kappa shape index (κ1) is 64.4. The molecule has 0 aromatic rings. The predicted molar refractivity (Wildman–Crippen MR) is 289 cm³/mol. The van der Waals surface area contributed by atoms with E-state index in [1.165, 1.54) is 167 Å². The molecule has 0 saturated carbocycles. The number of hydrogen-bond donors (Lipinski definition) is 0. The fraction of sp³-hybridized carbons (Fsp3) is 0.820. The number of ether oxygens (including phenoxy) is 3. The Balaban J connectivity index is 4.35. The van der Waals surface area contributed by atoms with Gasteiger partial charge in [-0.2, -0.15) is 0 Å². The number of unbranched alkanes of at least 4 members (excludes halogenated alkanes) is 34. The molecule has 0 spiro atoms. The van der Waals surface area contributed by atoms with Crippen LogP contribution in [0.5, 0.6) is 0 Å². The molecule has 0 rings (SSSR count). The van der Waals surface area contributed by atoms with Crippen LogP contribution in [-0.4, -0.2) is 37.2 Å². The maximum absolute atomic E-state index is 12.8. The van der Waals surface area contributed by atoms with E-state index in [4.69, 9.17) is 14.2 Å². The molecule has 67 heavy (non-hydrogen) atoms. The molecular formula is C61H110O6. The van der Waals surface area contributed by atoms with Crippen LogP contribution in [0.3, 0.4) is 0 Å². The quantitative estimate of drug-likeness (QED) is 0.0262. The van der Waals surface area contributed by atoms with Gasteiger partial charge in [0.1, 0.15) is 13.2 Å². The molecule has 0 aliphatic carbocycles. The van der Waals surface area contributed by atoms with Crippen LogP contribution in [0.2, 0.25) is 0 Å². The summed E-state index contributed by atoms with van der Waals surface area (Å²) in [4.78, 5) is 38.2. The Morgan fingerprint density at radius 1 is 0.313 bits per heavy atom. The molecule has 0 radical (unpaired) electrons. The number of carbonyl (C=O) groups is 3. The van der Waals surface area contributed by atoms with Gasteiger partial charge in [0.25, 0.3) is 0 Å². The first-order valence-electron chi connectivity index (χ1n) is 29.1. The van der Waals surface area contributed by atoms with Crippen molar-refractivity contribution >= 4 is 17.9 Å². The third-order valence-corrected chi connectivity index (χ3v) is 12.8. The summed E-state index contributed by atoms with van der Waals surface area (Å²) < 4.78 is 16.9. The monoisotopic (exact) mass is 939 g/mol. The number of hydrogen-bond acceptors (Lipinski definition) is 6. The zero-order chi connectivity index (χ0) is 48.6. The zero-order valence-corrected chi connectivity index (χ0v) is 44.7. The molecule has 1 atom stereocenters. The molecule has 390 valence electrons. The van der Waals surface area contributed by atoms with E-state index < -0.39 is 6.10 Å². The Bertz CT molecular complexity index is 1170. The SMILES string of the molecule is CC/C=C\C/C=C\C/C=C\CCCCCCCC(=O)O[C@H](COC(=O)CCCCCCCCC/C=C\CCCCCC)COC(=O)CCCCCCCCCCCCCCCCCCCCC. The topological polar surface area (TPSA) is 78.9 Å². The minimum absolute atomic E-state index is 0.0784. The van der Waals surface area contributed by atoms with E-state index in [0.717, 1.165) is 96.3 Å². The van der Waals surface area contributed by atoms with Crippen molar-refractivity contribution < 1.29 is 28.6 Å². The number of carbonyl (C=O) groups excluding carboxylic acids is 3. The predicted octanol–water partition coefficient (Wildman–Crippen LogP) is 19.4. The molecule has 0 aliphatic rings. The van der Waals surface area contributed by atoms with Gasteiger partial charge in [-0.1, -0.05) is 256 Å². The van der Waals surface area contributed by atoms with E-state index in [2.05, 4.69) is 69.4 Å². The normalized spacial score (nSPS) is 12.3. The van der Waals surface area contributed by atoms with Gasteiger partial charge in [-0.25, -0.2) is 0 Å². The Morgan fingerprint density at radius 2 is 0.582 bits per heavy atom. The van der Waals surface area contributed by atoms with Gasteiger partial charge in [-0.05, 0) is 77.0 Å². The standard InChI is InChI=1S/C61H110O6/c1-4-7-10-13-16-19-22-25-28-29-30-31-34-36-39-42-45-48-51-54-60(63)66-57-58(67-61(64)55-52-49-46-43-40-37-33-27-24-21-18-15-12-9-6-3)56-65-59(62)53-50-47-44-41-38-35-32-26-23-20-17-14-11-8-5-2/h9,12,18,20-21,23,27,33,58H,4-8,10-11,13-17,19,22,24-26,28-32,34-57H2,1-3H3/b12-9-,21-18-,23-20-,33-27-/t58-/m1/s1. The van der Waals surface area contributed by atoms with Crippen molar-refractivity contribution in [3.63, 3.8) is 0 Å². The summed E-state index contributed by atoms with van der Waals surface area (Å²) in [5.41, 5.74) is 0. The van der Waals surface area contributed by atoms with Crippen molar-refractivity contribution in [2.75, 3.05) is 13.2 Å². The second-order valence-electron chi connectivity index (χ2n) is 19.5. The number of allylic oxidation sites excluding steroid dienone is 8. The lowest BCUT2D eigenvalue weighted by Gasteiger charge is -2.18. The molecule has 6 heteroatoms. The summed E-state index contributed by atoms with van der Waals surface area (Å²) in [6.45, 7) is 6.54. The summed E-state index contributed by atoms with van der Waals surface area (Å²) in [5.74, 6) is -0.885. The molecule has 0 aromatic carbocycles. The van der Waals surface area contributed by atoms with Crippen LogP contribution in [0, 0.1) is 0 Å². The molecule has 6 nitrogen and oxygen atoms in total. The lowest BCUT2D eigenvalue weighted by molar-refractivity contribution is -0.167. The molecule has 0 amide bonds. The third-order valence-electron chi connectivity index (χ3n) is 12.8. The minimum Gasteiger partial charge on any atom is -0.462 e. The van der Waals surface area contributed by atoms with Crippen LogP contribution in [0.4, 0.5) is 0 Å². The second-order valence-corrected chi connectivity index (χ2v) is 19.5. The summed E-state index contributed by atoms with van der Waals surface area (Å²) in [5, 5.41) is 0. The molecule has 0 heterocycles. The minimum atomic E-state index is -0.782. The van der Waals surface area contributed by atoms with Crippen molar-refractivity contribution in [2.45, 2.75) is 309 Å². The third kappa shape index (κ3) is 54.2. The molecular weight excluding hydrogens is 829 g/mol. The molecule has 0 saturated heterocycles. The lowest BCUT2D eigenvalue weighted by atomic mass is 10.0. The van der Waals surface area contributed by atoms with Crippen LogP contribution in [-0.2, 0) is 28.6 Å². The summed E-state index contributed by atoms with van der Waals surface area (Å²) in [7, 11) is 0. The van der Waals surface area contributed by atoms with Crippen molar-refractivity contribution in [2.24, 2.45) is 0 Å². The molecule has 0 bridgehead atoms. The van der Waals surface area contributed by atoms with E-state index >= 15 is 0 Å². The highest BCUT2D eigenvalue weighted by Crippen LogP contribution is 2.17. The summed E-state index contributed by atoms with van der Waals surface area (Å²) in [6.07, 6.45) is 68.2.